The number of piperidine rings is 2. The van der Waals surface area contributed by atoms with Gasteiger partial charge in [0.05, 0.1) is 12.1 Å². The molecule has 0 bridgehead atoms. The minimum Gasteiger partial charge on any atom is -0.355 e. The number of nitrogens with two attached hydrogens (primary N) is 1. The lowest BCUT2D eigenvalue weighted by molar-refractivity contribution is -0.197. The number of carbonyl (C=O) groups is 1. The Morgan fingerprint density at radius 1 is 1.33 bits per heavy atom. The number of amides is 2. The molecule has 0 aromatic carbocycles. The smallest absolute Gasteiger partial charge is 0.355 e. The number of halogens is 3. The summed E-state index contributed by atoms with van der Waals surface area (Å²) >= 11 is 0. The van der Waals surface area contributed by atoms with Crippen molar-refractivity contribution in [2.45, 2.75) is 31.5 Å². The summed E-state index contributed by atoms with van der Waals surface area (Å²) in [6.45, 7) is 1.61. The lowest BCUT2D eigenvalue weighted by Crippen LogP contribution is -2.56. The van der Waals surface area contributed by atoms with Crippen molar-refractivity contribution < 1.29 is 18.0 Å². The van der Waals surface area contributed by atoms with Gasteiger partial charge in [0.25, 0.3) is 0 Å². The van der Waals surface area contributed by atoms with Gasteiger partial charge in [-0.1, -0.05) is 0 Å². The summed E-state index contributed by atoms with van der Waals surface area (Å²) in [6, 6.07) is 1.58. The Balaban J connectivity index is 1.56. The summed E-state index contributed by atoms with van der Waals surface area (Å²) in [7, 11) is 1.87. The first-order valence-corrected chi connectivity index (χ1v) is 9.34. The standard InChI is InChI=1S/C17H27F3N6O/c1-24-15(4-6-22-24)25-7-2-3-13(11-25)23-16(27)26-8-5-14(17(18,19)20)12(9-21)10-26/h4,6,12-14H,2-3,5,7-11,21H2,1H3,(H,23,27). The minimum atomic E-state index is -4.26. The van der Waals surface area contributed by atoms with E-state index in [1.807, 2.05) is 13.1 Å². The highest BCUT2D eigenvalue weighted by Crippen LogP contribution is 2.37. The van der Waals surface area contributed by atoms with Gasteiger partial charge in [0.15, 0.2) is 0 Å². The maximum Gasteiger partial charge on any atom is 0.392 e. The van der Waals surface area contributed by atoms with E-state index in [0.29, 0.717) is 6.54 Å². The summed E-state index contributed by atoms with van der Waals surface area (Å²) in [4.78, 5) is 16.2. The van der Waals surface area contributed by atoms with Crippen LogP contribution in [0.3, 0.4) is 0 Å². The topological polar surface area (TPSA) is 79.4 Å². The maximum atomic E-state index is 13.1. The Bertz CT molecular complexity index is 649. The number of nitrogens with one attached hydrogen (secondary N) is 1. The van der Waals surface area contributed by atoms with Crippen LogP contribution >= 0.6 is 0 Å². The van der Waals surface area contributed by atoms with Gasteiger partial charge in [-0.05, 0) is 25.8 Å². The van der Waals surface area contributed by atoms with Crippen molar-refractivity contribution in [3.8, 4) is 0 Å². The Morgan fingerprint density at radius 3 is 2.74 bits per heavy atom. The summed E-state index contributed by atoms with van der Waals surface area (Å²) in [5, 5.41) is 7.16. The van der Waals surface area contributed by atoms with Crippen LogP contribution in [0.1, 0.15) is 19.3 Å². The summed E-state index contributed by atoms with van der Waals surface area (Å²) < 4.78 is 41.1. The molecule has 1 aromatic heterocycles. The summed E-state index contributed by atoms with van der Waals surface area (Å²) in [6.07, 6.45) is -0.851. The van der Waals surface area contributed by atoms with Crippen LogP contribution in [0.5, 0.6) is 0 Å². The van der Waals surface area contributed by atoms with Crippen molar-refractivity contribution in [3.63, 3.8) is 0 Å². The second kappa shape index (κ2) is 7.95. The molecular weight excluding hydrogens is 361 g/mol. The predicted molar refractivity (Wildman–Crippen MR) is 95.3 cm³/mol. The molecule has 3 atom stereocenters. The van der Waals surface area contributed by atoms with Crippen LogP contribution in [0, 0.1) is 11.8 Å². The van der Waals surface area contributed by atoms with Gasteiger partial charge in [0, 0.05) is 51.3 Å². The normalized spacial score (nSPS) is 26.9. The molecule has 2 aliphatic heterocycles. The van der Waals surface area contributed by atoms with E-state index >= 15 is 0 Å². The van der Waals surface area contributed by atoms with Crippen molar-refractivity contribution in [1.82, 2.24) is 20.0 Å². The second-order valence-corrected chi connectivity index (χ2v) is 7.43. The molecule has 0 spiro atoms. The van der Waals surface area contributed by atoms with Gasteiger partial charge in [0.1, 0.15) is 5.82 Å². The number of carbonyl (C=O) groups excluding carboxylic acids is 1. The van der Waals surface area contributed by atoms with E-state index in [-0.39, 0.29) is 38.1 Å². The first-order chi connectivity index (χ1) is 12.8. The average molecular weight is 388 g/mol. The van der Waals surface area contributed by atoms with E-state index in [2.05, 4.69) is 15.3 Å². The molecule has 27 heavy (non-hydrogen) atoms. The predicted octanol–water partition coefficient (Wildman–Crippen LogP) is 1.56. The van der Waals surface area contributed by atoms with Crippen molar-refractivity contribution in [3.05, 3.63) is 12.3 Å². The zero-order valence-electron chi connectivity index (χ0n) is 15.5. The number of anilines is 1. The molecule has 0 aliphatic carbocycles. The fourth-order valence-corrected chi connectivity index (χ4v) is 4.13. The van der Waals surface area contributed by atoms with E-state index in [0.717, 1.165) is 25.2 Å². The maximum absolute atomic E-state index is 13.1. The number of hydrogen-bond acceptors (Lipinski definition) is 4. The first kappa shape index (κ1) is 19.8. The largest absolute Gasteiger partial charge is 0.392 e. The van der Waals surface area contributed by atoms with Crippen molar-refractivity contribution in [2.75, 3.05) is 37.6 Å². The number of aromatic nitrogens is 2. The van der Waals surface area contributed by atoms with Crippen LogP contribution in [0.4, 0.5) is 23.8 Å². The van der Waals surface area contributed by atoms with Crippen molar-refractivity contribution in [1.29, 1.82) is 0 Å². The molecule has 2 aliphatic rings. The highest BCUT2D eigenvalue weighted by Gasteiger charge is 2.47. The van der Waals surface area contributed by atoms with E-state index in [9.17, 15) is 18.0 Å². The Morgan fingerprint density at radius 2 is 2.11 bits per heavy atom. The highest BCUT2D eigenvalue weighted by molar-refractivity contribution is 5.74. The zero-order chi connectivity index (χ0) is 19.6. The van der Waals surface area contributed by atoms with E-state index in [1.165, 1.54) is 4.90 Å². The van der Waals surface area contributed by atoms with Crippen LogP contribution < -0.4 is 16.0 Å². The molecule has 10 heteroatoms. The van der Waals surface area contributed by atoms with Crippen molar-refractivity contribution in [2.24, 2.45) is 24.6 Å². The van der Waals surface area contributed by atoms with Gasteiger partial charge < -0.3 is 20.9 Å². The number of hydrogen-bond donors (Lipinski definition) is 2. The molecule has 2 amide bonds. The number of aryl methyl sites for hydroxylation is 1. The third kappa shape index (κ3) is 4.48. The first-order valence-electron chi connectivity index (χ1n) is 9.34. The van der Waals surface area contributed by atoms with Gasteiger partial charge in [-0.25, -0.2) is 4.79 Å². The minimum absolute atomic E-state index is 0.0437. The summed E-state index contributed by atoms with van der Waals surface area (Å²) in [5.41, 5.74) is 5.55. The van der Waals surface area contributed by atoms with E-state index in [1.54, 1.807) is 10.9 Å². The van der Waals surface area contributed by atoms with Crippen LogP contribution in [-0.2, 0) is 7.05 Å². The number of urea groups is 1. The molecule has 3 heterocycles. The lowest BCUT2D eigenvalue weighted by Gasteiger charge is -2.40. The molecule has 0 saturated carbocycles. The number of likely N-dealkylation sites (tertiary alicyclic amines) is 1. The van der Waals surface area contributed by atoms with Crippen molar-refractivity contribution >= 4 is 11.8 Å². The molecule has 1 aromatic rings. The fourth-order valence-electron chi connectivity index (χ4n) is 4.13. The molecule has 3 unspecified atom stereocenters. The Labute approximate surface area is 156 Å². The molecule has 152 valence electrons. The molecule has 3 rings (SSSR count). The average Bonchev–Trinajstić information content (AvgIpc) is 3.06. The molecule has 7 nitrogen and oxygen atoms in total. The van der Waals surface area contributed by atoms with E-state index < -0.39 is 18.0 Å². The SMILES string of the molecule is Cn1nccc1N1CCCC(NC(=O)N2CCC(C(F)(F)F)C(CN)C2)C1. The lowest BCUT2D eigenvalue weighted by atomic mass is 9.85. The second-order valence-electron chi connectivity index (χ2n) is 7.43. The molecular formula is C17H27F3N6O. The van der Waals surface area contributed by atoms with Crippen LogP contribution in [0.15, 0.2) is 12.3 Å². The third-order valence-electron chi connectivity index (χ3n) is 5.61. The third-order valence-corrected chi connectivity index (χ3v) is 5.61. The Kier molecular flexibility index (Phi) is 5.83. The van der Waals surface area contributed by atoms with E-state index in [4.69, 9.17) is 5.73 Å². The Hall–Kier alpha value is -1.97. The zero-order valence-corrected chi connectivity index (χ0v) is 15.5. The number of alkyl halides is 3. The molecule has 2 saturated heterocycles. The molecule has 3 N–H and O–H groups in total. The van der Waals surface area contributed by atoms with Gasteiger partial charge >= 0.3 is 12.2 Å². The monoisotopic (exact) mass is 388 g/mol. The highest BCUT2D eigenvalue weighted by atomic mass is 19.4. The fraction of sp³-hybridized carbons (Fsp3) is 0.765. The van der Waals surface area contributed by atoms with Crippen LogP contribution in [-0.4, -0.2) is 65.7 Å². The van der Waals surface area contributed by atoms with Gasteiger partial charge in [-0.3, -0.25) is 4.68 Å². The summed E-state index contributed by atoms with van der Waals surface area (Å²) in [5.74, 6) is -1.19. The number of nitrogens with zero attached hydrogens (tertiary/aromatic N) is 4. The van der Waals surface area contributed by atoms with Gasteiger partial charge in [0.2, 0.25) is 0 Å². The van der Waals surface area contributed by atoms with Crippen LogP contribution in [0.25, 0.3) is 0 Å². The van der Waals surface area contributed by atoms with Gasteiger partial charge in [-0.15, -0.1) is 0 Å². The van der Waals surface area contributed by atoms with Crippen LogP contribution in [0.2, 0.25) is 0 Å². The van der Waals surface area contributed by atoms with Gasteiger partial charge in [-0.2, -0.15) is 18.3 Å². The number of rotatable bonds is 3. The molecule has 0 radical (unpaired) electrons. The molecule has 2 fully saturated rings. The quantitative estimate of drug-likeness (QED) is 0.824.